The van der Waals surface area contributed by atoms with Gasteiger partial charge in [0.1, 0.15) is 11.9 Å². The van der Waals surface area contributed by atoms with E-state index in [4.69, 9.17) is 11.9 Å². The summed E-state index contributed by atoms with van der Waals surface area (Å²) in [5.74, 6) is -0.456. The number of hydrogen-bond donors (Lipinski definition) is 0. The second kappa shape index (κ2) is 3.51. The van der Waals surface area contributed by atoms with Crippen LogP contribution < -0.4 is 0 Å². The number of rotatable bonds is 2. The fraction of sp³-hybridized carbons (Fsp3) is 0.500. The van der Waals surface area contributed by atoms with Crippen LogP contribution in [0.4, 0.5) is 0 Å². The Kier molecular flexibility index (Phi) is 3.32. The summed E-state index contributed by atoms with van der Waals surface area (Å²) in [4.78, 5) is 10.5. The SMILES string of the molecule is C=C(C(=O)OCl)C(C)C. The topological polar surface area (TPSA) is 26.3 Å². The lowest BCUT2D eigenvalue weighted by atomic mass is 10.1. The summed E-state index contributed by atoms with van der Waals surface area (Å²) in [6.45, 7) is 7.15. The number of carbonyl (C=O) groups is 1. The maximum atomic E-state index is 10.5. The van der Waals surface area contributed by atoms with Gasteiger partial charge in [0.05, 0.1) is 0 Å². The Morgan fingerprint density at radius 3 is 2.22 bits per heavy atom. The molecule has 2 nitrogen and oxygen atoms in total. The quantitative estimate of drug-likeness (QED) is 0.559. The van der Waals surface area contributed by atoms with E-state index < -0.39 is 5.97 Å². The second-order valence-electron chi connectivity index (χ2n) is 2.04. The molecule has 0 bridgehead atoms. The summed E-state index contributed by atoms with van der Waals surface area (Å²) in [7, 11) is 0. The zero-order valence-electron chi connectivity index (χ0n) is 5.48. The average Bonchev–Trinajstić information content (AvgIpc) is 1.84. The van der Waals surface area contributed by atoms with E-state index >= 15 is 0 Å². The van der Waals surface area contributed by atoms with Crippen molar-refractivity contribution in [2.45, 2.75) is 13.8 Å². The molecule has 0 aromatic rings. The molecule has 0 rings (SSSR count). The van der Waals surface area contributed by atoms with Gasteiger partial charge in [-0.15, -0.1) is 0 Å². The van der Waals surface area contributed by atoms with E-state index in [2.05, 4.69) is 10.9 Å². The van der Waals surface area contributed by atoms with Crippen molar-refractivity contribution < 1.29 is 9.08 Å². The third-order valence-corrected chi connectivity index (χ3v) is 1.17. The van der Waals surface area contributed by atoms with E-state index in [0.717, 1.165) is 0 Å². The minimum absolute atomic E-state index is 0.0937. The second-order valence-corrected chi connectivity index (χ2v) is 2.20. The van der Waals surface area contributed by atoms with Gasteiger partial charge in [0.2, 0.25) is 0 Å². The molecular weight excluding hydrogens is 140 g/mol. The summed E-state index contributed by atoms with van der Waals surface area (Å²) >= 11 is 4.78. The van der Waals surface area contributed by atoms with E-state index in [1.54, 1.807) is 0 Å². The molecule has 9 heavy (non-hydrogen) atoms. The van der Waals surface area contributed by atoms with Gasteiger partial charge in [-0.05, 0) is 5.92 Å². The lowest BCUT2D eigenvalue weighted by Crippen LogP contribution is -2.05. The predicted molar refractivity (Wildman–Crippen MR) is 35.9 cm³/mol. The highest BCUT2D eigenvalue weighted by molar-refractivity contribution is 6.15. The Morgan fingerprint density at radius 1 is 1.67 bits per heavy atom. The fourth-order valence-corrected chi connectivity index (χ4v) is 0.384. The first-order valence-electron chi connectivity index (χ1n) is 2.61. The molecule has 0 radical (unpaired) electrons. The first kappa shape index (κ1) is 8.50. The molecule has 0 fully saturated rings. The lowest BCUT2D eigenvalue weighted by Gasteiger charge is -2.02. The largest absolute Gasteiger partial charge is 0.351 e. The molecule has 0 aliphatic rings. The van der Waals surface area contributed by atoms with Crippen LogP contribution in [0.5, 0.6) is 0 Å². The van der Waals surface area contributed by atoms with E-state index in [1.807, 2.05) is 13.8 Å². The molecule has 0 aliphatic carbocycles. The van der Waals surface area contributed by atoms with Crippen LogP contribution in [0.25, 0.3) is 0 Å². The van der Waals surface area contributed by atoms with Crippen LogP contribution in [-0.2, 0) is 9.08 Å². The fourth-order valence-electron chi connectivity index (χ4n) is 0.285. The molecule has 0 spiro atoms. The van der Waals surface area contributed by atoms with E-state index in [1.165, 1.54) is 0 Å². The molecule has 0 saturated carbocycles. The van der Waals surface area contributed by atoms with E-state index in [9.17, 15) is 4.79 Å². The summed E-state index contributed by atoms with van der Waals surface area (Å²) in [6, 6.07) is 0. The van der Waals surface area contributed by atoms with Crippen LogP contribution >= 0.6 is 11.9 Å². The first-order chi connectivity index (χ1) is 4.09. The summed E-state index contributed by atoms with van der Waals surface area (Å²) in [6.07, 6.45) is 0. The Labute approximate surface area is 59.6 Å². The maximum absolute atomic E-state index is 10.5. The molecule has 0 aromatic heterocycles. The van der Waals surface area contributed by atoms with Crippen LogP contribution in [0.1, 0.15) is 13.8 Å². The molecule has 52 valence electrons. The molecular formula is C6H9ClO2. The van der Waals surface area contributed by atoms with Crippen molar-refractivity contribution in [3.8, 4) is 0 Å². The van der Waals surface area contributed by atoms with E-state index in [0.29, 0.717) is 5.57 Å². The van der Waals surface area contributed by atoms with E-state index in [-0.39, 0.29) is 5.92 Å². The Bertz CT molecular complexity index is 129. The molecule has 0 aromatic carbocycles. The van der Waals surface area contributed by atoms with Gasteiger partial charge < -0.3 is 4.29 Å². The number of carbonyl (C=O) groups excluding carboxylic acids is 1. The van der Waals surface area contributed by atoms with Crippen molar-refractivity contribution in [3.05, 3.63) is 12.2 Å². The van der Waals surface area contributed by atoms with Gasteiger partial charge in [0.25, 0.3) is 0 Å². The van der Waals surface area contributed by atoms with Gasteiger partial charge in [-0.2, -0.15) is 0 Å². The van der Waals surface area contributed by atoms with Crippen LogP contribution in [0.2, 0.25) is 0 Å². The Balaban J connectivity index is 3.89. The lowest BCUT2D eigenvalue weighted by molar-refractivity contribution is -0.130. The van der Waals surface area contributed by atoms with Crippen LogP contribution in [-0.4, -0.2) is 5.97 Å². The van der Waals surface area contributed by atoms with Crippen molar-refractivity contribution in [1.29, 1.82) is 0 Å². The van der Waals surface area contributed by atoms with Crippen LogP contribution in [0.15, 0.2) is 12.2 Å². The highest BCUT2D eigenvalue weighted by Gasteiger charge is 2.10. The maximum Gasteiger partial charge on any atom is 0.351 e. The minimum atomic E-state index is -0.549. The Hall–Kier alpha value is -0.500. The highest BCUT2D eigenvalue weighted by Crippen LogP contribution is 2.08. The normalized spacial score (nSPS) is 9.33. The average molecular weight is 149 g/mol. The third kappa shape index (κ3) is 2.51. The zero-order chi connectivity index (χ0) is 7.44. The van der Waals surface area contributed by atoms with Gasteiger partial charge in [-0.25, -0.2) is 4.79 Å². The summed E-state index contributed by atoms with van der Waals surface area (Å²) in [5, 5.41) is 0. The van der Waals surface area contributed by atoms with Gasteiger partial charge >= 0.3 is 5.97 Å². The molecule has 0 heterocycles. The van der Waals surface area contributed by atoms with Crippen LogP contribution in [0, 0.1) is 5.92 Å². The molecule has 0 atom stereocenters. The van der Waals surface area contributed by atoms with Crippen molar-refractivity contribution in [3.63, 3.8) is 0 Å². The van der Waals surface area contributed by atoms with Gasteiger partial charge in [0, 0.05) is 5.57 Å². The highest BCUT2D eigenvalue weighted by atomic mass is 35.5. The molecule has 0 unspecified atom stereocenters. The monoisotopic (exact) mass is 148 g/mol. The predicted octanol–water partition coefficient (Wildman–Crippen LogP) is 1.90. The smallest absolute Gasteiger partial charge is 0.343 e. The summed E-state index contributed by atoms with van der Waals surface area (Å²) < 4.78 is 3.91. The van der Waals surface area contributed by atoms with Crippen molar-refractivity contribution in [2.75, 3.05) is 0 Å². The van der Waals surface area contributed by atoms with Crippen LogP contribution in [0.3, 0.4) is 0 Å². The zero-order valence-corrected chi connectivity index (χ0v) is 6.23. The van der Waals surface area contributed by atoms with Crippen molar-refractivity contribution in [2.24, 2.45) is 5.92 Å². The molecule has 3 heteroatoms. The van der Waals surface area contributed by atoms with Gasteiger partial charge in [0.15, 0.2) is 0 Å². The number of halogens is 1. The molecule has 0 N–H and O–H groups in total. The van der Waals surface area contributed by atoms with Crippen molar-refractivity contribution >= 4 is 17.8 Å². The van der Waals surface area contributed by atoms with Gasteiger partial charge in [-0.1, -0.05) is 20.4 Å². The minimum Gasteiger partial charge on any atom is -0.343 e. The number of hydrogen-bond acceptors (Lipinski definition) is 2. The molecule has 0 aliphatic heterocycles. The third-order valence-electron chi connectivity index (χ3n) is 1.03. The standard InChI is InChI=1S/C6H9ClO2/c1-4(2)5(3)6(8)9-7/h4H,3H2,1-2H3. The summed E-state index contributed by atoms with van der Waals surface area (Å²) in [5.41, 5.74) is 0.394. The molecule has 0 amide bonds. The Morgan fingerprint density at radius 2 is 2.11 bits per heavy atom. The van der Waals surface area contributed by atoms with Gasteiger partial charge in [-0.3, -0.25) is 0 Å². The first-order valence-corrected chi connectivity index (χ1v) is 2.92. The molecule has 0 saturated heterocycles. The van der Waals surface area contributed by atoms with Crippen molar-refractivity contribution in [1.82, 2.24) is 0 Å².